The number of nitrogens with two attached hydrogens (primary N) is 1. The molecule has 1 atom stereocenters. The molecule has 2 rings (SSSR count). The van der Waals surface area contributed by atoms with Crippen LogP contribution in [0.4, 0.5) is 5.82 Å². The molecule has 5 nitrogen and oxygen atoms in total. The summed E-state index contributed by atoms with van der Waals surface area (Å²) in [6.07, 6.45) is 4.17. The lowest BCUT2D eigenvalue weighted by molar-refractivity contribution is 0.0525. The minimum Gasteiger partial charge on any atom is -0.384 e. The van der Waals surface area contributed by atoms with Gasteiger partial charge in [-0.2, -0.15) is 0 Å². The number of hydrogen-bond acceptors (Lipinski definition) is 4. The number of aromatic nitrogens is 1. The first kappa shape index (κ1) is 12.8. The second-order valence-corrected chi connectivity index (χ2v) is 4.45. The van der Waals surface area contributed by atoms with Crippen LogP contribution in [-0.4, -0.2) is 36.6 Å². The fourth-order valence-corrected chi connectivity index (χ4v) is 2.36. The van der Waals surface area contributed by atoms with E-state index in [4.69, 9.17) is 15.9 Å². The summed E-state index contributed by atoms with van der Waals surface area (Å²) in [4.78, 5) is 6.53. The Morgan fingerprint density at radius 2 is 2.50 bits per heavy atom. The van der Waals surface area contributed by atoms with Crippen LogP contribution in [0.2, 0.25) is 0 Å². The summed E-state index contributed by atoms with van der Waals surface area (Å²) < 4.78 is 5.68. The summed E-state index contributed by atoms with van der Waals surface area (Å²) in [7, 11) is 0. The van der Waals surface area contributed by atoms with Crippen LogP contribution >= 0.6 is 0 Å². The first-order chi connectivity index (χ1) is 8.72. The van der Waals surface area contributed by atoms with Crippen molar-refractivity contribution in [2.75, 3.05) is 24.6 Å². The molecule has 1 saturated heterocycles. The maximum absolute atomic E-state index is 7.61. The molecule has 0 bridgehead atoms. The molecule has 1 aliphatic heterocycles. The Labute approximate surface area is 107 Å². The van der Waals surface area contributed by atoms with Gasteiger partial charge >= 0.3 is 0 Å². The highest BCUT2D eigenvalue weighted by atomic mass is 16.5. The Kier molecular flexibility index (Phi) is 4.15. The van der Waals surface area contributed by atoms with Crippen LogP contribution in [0, 0.1) is 5.41 Å². The predicted octanol–water partition coefficient (Wildman–Crippen LogP) is 1.37. The van der Waals surface area contributed by atoms with E-state index >= 15 is 0 Å². The number of ether oxygens (including phenoxy) is 1. The first-order valence-corrected chi connectivity index (χ1v) is 6.38. The molecule has 18 heavy (non-hydrogen) atoms. The van der Waals surface area contributed by atoms with Gasteiger partial charge in [0.2, 0.25) is 0 Å². The first-order valence-electron chi connectivity index (χ1n) is 6.38. The van der Waals surface area contributed by atoms with Gasteiger partial charge in [0.1, 0.15) is 11.7 Å². The van der Waals surface area contributed by atoms with Gasteiger partial charge in [0.25, 0.3) is 0 Å². The van der Waals surface area contributed by atoms with Crippen molar-refractivity contribution in [3.8, 4) is 0 Å². The third kappa shape index (κ3) is 2.79. The standard InChI is InChI=1S/C13H20N4O/c1-2-18-10-5-4-8-17(9-10)13-11(12(14)15)6-3-7-16-13/h3,6-7,10H,2,4-5,8-9H2,1H3,(H3,14,15). The Bertz CT molecular complexity index is 419. The van der Waals surface area contributed by atoms with E-state index in [2.05, 4.69) is 9.88 Å². The normalized spacial score (nSPS) is 19.8. The second kappa shape index (κ2) is 5.82. The van der Waals surface area contributed by atoms with Gasteiger partial charge in [-0.05, 0) is 31.9 Å². The van der Waals surface area contributed by atoms with Crippen molar-refractivity contribution in [1.82, 2.24) is 4.98 Å². The SMILES string of the molecule is CCOC1CCCN(c2ncccc2C(=N)N)C1. The smallest absolute Gasteiger partial charge is 0.139 e. The van der Waals surface area contributed by atoms with Crippen molar-refractivity contribution in [3.63, 3.8) is 0 Å². The zero-order valence-electron chi connectivity index (χ0n) is 10.7. The van der Waals surface area contributed by atoms with Gasteiger partial charge in [-0.1, -0.05) is 0 Å². The van der Waals surface area contributed by atoms with Crippen molar-refractivity contribution in [2.24, 2.45) is 5.73 Å². The summed E-state index contributed by atoms with van der Waals surface area (Å²) in [6.45, 7) is 4.52. The molecule has 0 radical (unpaired) electrons. The van der Waals surface area contributed by atoms with Crippen LogP contribution in [0.1, 0.15) is 25.3 Å². The highest BCUT2D eigenvalue weighted by Crippen LogP contribution is 2.22. The quantitative estimate of drug-likeness (QED) is 0.623. The molecule has 0 amide bonds. The lowest BCUT2D eigenvalue weighted by Gasteiger charge is -2.34. The maximum atomic E-state index is 7.61. The monoisotopic (exact) mass is 248 g/mol. The Morgan fingerprint density at radius 3 is 3.22 bits per heavy atom. The Morgan fingerprint density at radius 1 is 1.67 bits per heavy atom. The van der Waals surface area contributed by atoms with Gasteiger partial charge in [0.05, 0.1) is 11.7 Å². The van der Waals surface area contributed by atoms with Crippen molar-refractivity contribution in [1.29, 1.82) is 5.41 Å². The summed E-state index contributed by atoms with van der Waals surface area (Å²) in [6, 6.07) is 3.65. The Balaban J connectivity index is 2.18. The summed E-state index contributed by atoms with van der Waals surface area (Å²) >= 11 is 0. The molecular formula is C13H20N4O. The average molecular weight is 248 g/mol. The number of nitrogens with zero attached hydrogens (tertiary/aromatic N) is 2. The molecule has 2 heterocycles. The zero-order valence-corrected chi connectivity index (χ0v) is 10.7. The molecule has 1 aromatic rings. The lowest BCUT2D eigenvalue weighted by atomic mass is 10.1. The predicted molar refractivity (Wildman–Crippen MR) is 72.1 cm³/mol. The van der Waals surface area contributed by atoms with E-state index in [-0.39, 0.29) is 11.9 Å². The molecule has 0 saturated carbocycles. The summed E-state index contributed by atoms with van der Waals surface area (Å²) in [5.74, 6) is 0.867. The van der Waals surface area contributed by atoms with E-state index in [0.717, 1.165) is 38.4 Å². The van der Waals surface area contributed by atoms with E-state index in [1.807, 2.05) is 19.1 Å². The number of rotatable bonds is 4. The fourth-order valence-electron chi connectivity index (χ4n) is 2.36. The third-order valence-electron chi connectivity index (χ3n) is 3.16. The van der Waals surface area contributed by atoms with Crippen molar-refractivity contribution in [2.45, 2.75) is 25.9 Å². The lowest BCUT2D eigenvalue weighted by Crippen LogP contribution is -2.41. The molecule has 5 heteroatoms. The van der Waals surface area contributed by atoms with Crippen LogP contribution < -0.4 is 10.6 Å². The van der Waals surface area contributed by atoms with Gasteiger partial charge in [-0.3, -0.25) is 5.41 Å². The highest BCUT2D eigenvalue weighted by Gasteiger charge is 2.23. The number of hydrogen-bond donors (Lipinski definition) is 2. The number of amidine groups is 1. The van der Waals surface area contributed by atoms with Gasteiger partial charge in [-0.15, -0.1) is 0 Å². The minimum atomic E-state index is 0.0663. The van der Waals surface area contributed by atoms with Gasteiger partial charge < -0.3 is 15.4 Å². The van der Waals surface area contributed by atoms with Crippen molar-refractivity contribution < 1.29 is 4.74 Å². The number of nitrogen functional groups attached to an aromatic ring is 1. The highest BCUT2D eigenvalue weighted by molar-refractivity contribution is 5.99. The van der Waals surface area contributed by atoms with E-state index in [9.17, 15) is 0 Å². The van der Waals surface area contributed by atoms with E-state index < -0.39 is 0 Å². The van der Waals surface area contributed by atoms with Crippen LogP contribution in [0.25, 0.3) is 0 Å². The molecule has 0 aliphatic carbocycles. The molecule has 1 unspecified atom stereocenters. The van der Waals surface area contributed by atoms with Crippen LogP contribution in [0.5, 0.6) is 0 Å². The number of anilines is 1. The fraction of sp³-hybridized carbons (Fsp3) is 0.538. The van der Waals surface area contributed by atoms with Crippen LogP contribution in [-0.2, 0) is 4.74 Å². The maximum Gasteiger partial charge on any atom is 0.139 e. The molecular weight excluding hydrogens is 228 g/mol. The van der Waals surface area contributed by atoms with Crippen LogP contribution in [0.15, 0.2) is 18.3 Å². The van der Waals surface area contributed by atoms with E-state index in [0.29, 0.717) is 5.56 Å². The molecule has 1 fully saturated rings. The van der Waals surface area contributed by atoms with Crippen LogP contribution in [0.3, 0.4) is 0 Å². The van der Waals surface area contributed by atoms with Gasteiger partial charge in [-0.25, -0.2) is 4.98 Å². The summed E-state index contributed by atoms with van der Waals surface area (Å²) in [5.41, 5.74) is 6.30. The number of piperidine rings is 1. The minimum absolute atomic E-state index is 0.0663. The number of pyridine rings is 1. The Hall–Kier alpha value is -1.62. The molecule has 0 spiro atoms. The topological polar surface area (TPSA) is 75.2 Å². The van der Waals surface area contributed by atoms with Gasteiger partial charge in [0.15, 0.2) is 0 Å². The molecule has 3 N–H and O–H groups in total. The largest absolute Gasteiger partial charge is 0.384 e. The second-order valence-electron chi connectivity index (χ2n) is 4.45. The zero-order chi connectivity index (χ0) is 13.0. The van der Waals surface area contributed by atoms with E-state index in [1.54, 1.807) is 6.20 Å². The number of nitrogens with one attached hydrogen (secondary N) is 1. The average Bonchev–Trinajstić information content (AvgIpc) is 2.39. The molecule has 1 aliphatic rings. The molecule has 1 aromatic heterocycles. The van der Waals surface area contributed by atoms with Crippen molar-refractivity contribution >= 4 is 11.7 Å². The van der Waals surface area contributed by atoms with E-state index in [1.165, 1.54) is 0 Å². The summed E-state index contributed by atoms with van der Waals surface area (Å²) in [5, 5.41) is 7.61. The molecule has 98 valence electrons. The van der Waals surface area contributed by atoms with Gasteiger partial charge in [0, 0.05) is 25.9 Å². The van der Waals surface area contributed by atoms with Crippen molar-refractivity contribution in [3.05, 3.63) is 23.9 Å². The third-order valence-corrected chi connectivity index (χ3v) is 3.16. The molecule has 0 aromatic carbocycles.